The number of anilines is 1. The molecule has 31 heavy (non-hydrogen) atoms. The molecule has 164 valence electrons. The van der Waals surface area contributed by atoms with E-state index in [0.717, 1.165) is 17.4 Å². The summed E-state index contributed by atoms with van der Waals surface area (Å²) < 4.78 is 16.3. The van der Waals surface area contributed by atoms with E-state index in [1.165, 1.54) is 0 Å². The number of carbonyl (C=O) groups is 2. The molecule has 0 spiro atoms. The maximum Gasteiger partial charge on any atom is 0.374 e. The van der Waals surface area contributed by atoms with Gasteiger partial charge in [-0.2, -0.15) is 0 Å². The number of hydrogen-bond acceptors (Lipinski definition) is 6. The first-order valence-electron chi connectivity index (χ1n) is 10.4. The van der Waals surface area contributed by atoms with Gasteiger partial charge in [0.25, 0.3) is 0 Å². The van der Waals surface area contributed by atoms with Crippen LogP contribution in [0, 0.1) is 0 Å². The number of esters is 1. The van der Waals surface area contributed by atoms with Crippen LogP contribution in [0.1, 0.15) is 36.4 Å². The molecule has 0 bridgehead atoms. The minimum atomic E-state index is -0.497. The third-order valence-electron chi connectivity index (χ3n) is 4.83. The van der Waals surface area contributed by atoms with Gasteiger partial charge in [0.2, 0.25) is 11.7 Å². The van der Waals surface area contributed by atoms with Crippen LogP contribution in [0.4, 0.5) is 5.69 Å². The zero-order valence-electron chi connectivity index (χ0n) is 18.1. The monoisotopic (exact) mass is 424 g/mol. The number of rotatable bonds is 10. The smallest absolute Gasteiger partial charge is 0.374 e. The molecule has 0 saturated heterocycles. The van der Waals surface area contributed by atoms with Gasteiger partial charge in [-0.3, -0.25) is 9.69 Å². The van der Waals surface area contributed by atoms with Crippen molar-refractivity contribution in [1.29, 1.82) is 0 Å². The molecular formula is C24H28N2O5. The van der Waals surface area contributed by atoms with Gasteiger partial charge in [-0.05, 0) is 38.1 Å². The molecule has 0 unspecified atom stereocenters. The van der Waals surface area contributed by atoms with Gasteiger partial charge in [-0.1, -0.05) is 37.3 Å². The molecular weight excluding hydrogens is 396 g/mol. The van der Waals surface area contributed by atoms with E-state index in [1.807, 2.05) is 48.2 Å². The molecule has 1 N–H and O–H groups in total. The number of ether oxygens (including phenoxy) is 2. The molecule has 0 aliphatic carbocycles. The second kappa shape index (κ2) is 10.6. The van der Waals surface area contributed by atoms with Crippen LogP contribution in [0.3, 0.4) is 0 Å². The minimum absolute atomic E-state index is 0.160. The molecule has 0 radical (unpaired) electrons. The predicted octanol–water partition coefficient (Wildman–Crippen LogP) is 4.47. The van der Waals surface area contributed by atoms with Crippen molar-refractivity contribution in [2.75, 3.05) is 32.1 Å². The Balaban J connectivity index is 1.82. The lowest BCUT2D eigenvalue weighted by Crippen LogP contribution is -2.34. The molecule has 7 nitrogen and oxygen atoms in total. The highest BCUT2D eigenvalue weighted by Gasteiger charge is 2.24. The summed E-state index contributed by atoms with van der Waals surface area (Å²) in [5.74, 6) is 0.129. The summed E-state index contributed by atoms with van der Waals surface area (Å²) in [6, 6.07) is 14.8. The van der Waals surface area contributed by atoms with Crippen molar-refractivity contribution in [2.24, 2.45) is 0 Å². The highest BCUT2D eigenvalue weighted by molar-refractivity contribution is 5.96. The fourth-order valence-electron chi connectivity index (χ4n) is 3.51. The third-order valence-corrected chi connectivity index (χ3v) is 4.83. The highest BCUT2D eigenvalue weighted by atomic mass is 16.5. The second-order valence-corrected chi connectivity index (χ2v) is 7.09. The fraction of sp³-hybridized carbons (Fsp3) is 0.333. The van der Waals surface area contributed by atoms with Gasteiger partial charge in [-0.25, -0.2) is 4.79 Å². The lowest BCUT2D eigenvalue weighted by Gasteiger charge is -2.21. The number of hydrogen-bond donors (Lipinski definition) is 1. The molecule has 1 heterocycles. The molecule has 1 amide bonds. The van der Waals surface area contributed by atoms with Crippen LogP contribution < -0.4 is 10.1 Å². The third kappa shape index (κ3) is 5.44. The van der Waals surface area contributed by atoms with Crippen LogP contribution in [0.15, 0.2) is 52.9 Å². The molecule has 0 atom stereocenters. The van der Waals surface area contributed by atoms with Gasteiger partial charge in [-0.15, -0.1) is 0 Å². The molecule has 3 aromatic rings. The standard InChI is InChI=1S/C24H28N2O5/c1-4-14-26(16-22(27)25-19-11-7-9-13-21(19)29-3)15-18-17-10-6-8-12-20(17)31-23(18)24(28)30-5-2/h6-13H,4-5,14-16H2,1-3H3,(H,25,27). The van der Waals surface area contributed by atoms with Crippen molar-refractivity contribution in [3.8, 4) is 5.75 Å². The lowest BCUT2D eigenvalue weighted by atomic mass is 10.1. The second-order valence-electron chi connectivity index (χ2n) is 7.09. The van der Waals surface area contributed by atoms with Gasteiger partial charge in [0, 0.05) is 17.5 Å². The normalized spacial score (nSPS) is 11.0. The van der Waals surface area contributed by atoms with E-state index < -0.39 is 5.97 Å². The molecule has 7 heteroatoms. The van der Waals surface area contributed by atoms with Crippen LogP contribution in [-0.2, 0) is 16.1 Å². The zero-order valence-corrected chi connectivity index (χ0v) is 18.1. The Hall–Kier alpha value is -3.32. The predicted molar refractivity (Wildman–Crippen MR) is 119 cm³/mol. The summed E-state index contributed by atoms with van der Waals surface area (Å²) in [7, 11) is 1.56. The molecule has 0 fully saturated rings. The van der Waals surface area contributed by atoms with E-state index in [9.17, 15) is 9.59 Å². The number of carbonyl (C=O) groups excluding carboxylic acids is 2. The number of furan rings is 1. The number of amides is 1. The van der Waals surface area contributed by atoms with Gasteiger partial charge < -0.3 is 19.2 Å². The molecule has 2 aromatic carbocycles. The summed E-state index contributed by atoms with van der Waals surface area (Å²) in [5.41, 5.74) is 1.97. The van der Waals surface area contributed by atoms with Crippen LogP contribution in [0.5, 0.6) is 5.75 Å². The molecule has 0 saturated carbocycles. The number of para-hydroxylation sites is 3. The van der Waals surface area contributed by atoms with E-state index in [1.54, 1.807) is 26.2 Å². The minimum Gasteiger partial charge on any atom is -0.495 e. The van der Waals surface area contributed by atoms with Crippen molar-refractivity contribution >= 4 is 28.5 Å². The van der Waals surface area contributed by atoms with E-state index in [2.05, 4.69) is 5.32 Å². The quantitative estimate of drug-likeness (QED) is 0.484. The summed E-state index contributed by atoms with van der Waals surface area (Å²) in [4.78, 5) is 27.2. The molecule has 3 rings (SSSR count). The Bertz CT molecular complexity index is 1040. The summed E-state index contributed by atoms with van der Waals surface area (Å²) in [6.07, 6.45) is 0.854. The van der Waals surface area contributed by atoms with Crippen molar-refractivity contribution < 1.29 is 23.5 Å². The number of nitrogens with one attached hydrogen (secondary N) is 1. The van der Waals surface area contributed by atoms with E-state index in [0.29, 0.717) is 30.1 Å². The Morgan fingerprint density at radius 1 is 1.06 bits per heavy atom. The SMILES string of the molecule is CCCN(CC(=O)Nc1ccccc1OC)Cc1c(C(=O)OCC)oc2ccccc12. The first kappa shape index (κ1) is 22.4. The number of benzene rings is 2. The summed E-state index contributed by atoms with van der Waals surface area (Å²) in [5, 5.41) is 3.75. The maximum atomic E-state index is 12.8. The van der Waals surface area contributed by atoms with Crippen molar-refractivity contribution in [2.45, 2.75) is 26.8 Å². The van der Waals surface area contributed by atoms with Crippen molar-refractivity contribution in [3.05, 3.63) is 59.9 Å². The van der Waals surface area contributed by atoms with Crippen molar-refractivity contribution in [3.63, 3.8) is 0 Å². The van der Waals surface area contributed by atoms with E-state index >= 15 is 0 Å². The van der Waals surface area contributed by atoms with E-state index in [-0.39, 0.29) is 24.8 Å². The highest BCUT2D eigenvalue weighted by Crippen LogP contribution is 2.28. The van der Waals surface area contributed by atoms with Crippen LogP contribution >= 0.6 is 0 Å². The first-order chi connectivity index (χ1) is 15.1. The molecule has 0 aliphatic rings. The summed E-state index contributed by atoms with van der Waals surface area (Å²) >= 11 is 0. The average Bonchev–Trinajstić information content (AvgIpc) is 3.13. The van der Waals surface area contributed by atoms with Crippen LogP contribution in [0.25, 0.3) is 11.0 Å². The zero-order chi connectivity index (χ0) is 22.2. The fourth-order valence-corrected chi connectivity index (χ4v) is 3.51. The molecule has 0 aliphatic heterocycles. The number of methoxy groups -OCH3 is 1. The van der Waals surface area contributed by atoms with E-state index in [4.69, 9.17) is 13.9 Å². The van der Waals surface area contributed by atoms with Gasteiger partial charge in [0.05, 0.1) is 25.9 Å². The Morgan fingerprint density at radius 3 is 2.55 bits per heavy atom. The lowest BCUT2D eigenvalue weighted by molar-refractivity contribution is -0.117. The maximum absolute atomic E-state index is 12.8. The summed E-state index contributed by atoms with van der Waals surface area (Å²) in [6.45, 7) is 5.29. The Kier molecular flexibility index (Phi) is 7.67. The number of fused-ring (bicyclic) bond motifs is 1. The average molecular weight is 424 g/mol. The number of nitrogens with zero attached hydrogens (tertiary/aromatic N) is 1. The van der Waals surface area contributed by atoms with Gasteiger partial charge in [0.15, 0.2) is 0 Å². The Morgan fingerprint density at radius 2 is 1.81 bits per heavy atom. The van der Waals surface area contributed by atoms with Crippen molar-refractivity contribution in [1.82, 2.24) is 4.90 Å². The van der Waals surface area contributed by atoms with Gasteiger partial charge in [0.1, 0.15) is 11.3 Å². The van der Waals surface area contributed by atoms with Crippen LogP contribution in [0.2, 0.25) is 0 Å². The largest absolute Gasteiger partial charge is 0.495 e. The topological polar surface area (TPSA) is 81.0 Å². The first-order valence-corrected chi connectivity index (χ1v) is 10.4. The Labute approximate surface area is 181 Å². The molecule has 1 aromatic heterocycles. The van der Waals surface area contributed by atoms with Crippen LogP contribution in [-0.4, -0.2) is 43.6 Å². The van der Waals surface area contributed by atoms with Gasteiger partial charge >= 0.3 is 5.97 Å².